The number of ether oxygens (including phenoxy) is 1. The number of Topliss-reactive ketones (excluding diaryl/α,β-unsaturated/α-hetero) is 1. The third-order valence-corrected chi connectivity index (χ3v) is 2.17. The summed E-state index contributed by atoms with van der Waals surface area (Å²) in [6.07, 6.45) is 9.56. The van der Waals surface area contributed by atoms with Gasteiger partial charge in [-0.25, -0.2) is 0 Å². The number of methoxy groups -OCH3 is 1. The van der Waals surface area contributed by atoms with E-state index in [1.807, 2.05) is 52.0 Å². The van der Waals surface area contributed by atoms with E-state index in [1.54, 1.807) is 13.1 Å². The zero-order chi connectivity index (χ0) is 16.0. The van der Waals surface area contributed by atoms with Gasteiger partial charge in [0.15, 0.2) is 5.78 Å². The maximum Gasteiger partial charge on any atom is 0.292 e. The number of H-pyrrole nitrogens is 1. The number of hydrogen-bond acceptors (Lipinski definition) is 3. The third-order valence-electron chi connectivity index (χ3n) is 2.17. The van der Waals surface area contributed by atoms with Gasteiger partial charge in [-0.3, -0.25) is 9.59 Å². The highest BCUT2D eigenvalue weighted by Crippen LogP contribution is 1.87. The van der Waals surface area contributed by atoms with Crippen molar-refractivity contribution in [3.05, 3.63) is 34.5 Å². The normalized spacial score (nSPS) is 11.3. The summed E-state index contributed by atoms with van der Waals surface area (Å²) in [5.41, 5.74) is 0.753. The van der Waals surface area contributed by atoms with Crippen LogP contribution in [0.5, 0.6) is 0 Å². The number of allylic oxidation sites excluding steroid dienone is 2. The van der Waals surface area contributed by atoms with Crippen molar-refractivity contribution in [2.75, 3.05) is 7.11 Å². The first-order valence-electron chi connectivity index (χ1n) is 6.56. The number of aromatic amines is 1. The smallest absolute Gasteiger partial charge is 0.292 e. The number of aromatic nitrogens is 1. The molecule has 0 spiro atoms. The van der Waals surface area contributed by atoms with Gasteiger partial charge in [0.2, 0.25) is 0 Å². The van der Waals surface area contributed by atoms with Crippen molar-refractivity contribution in [2.24, 2.45) is 0 Å². The van der Waals surface area contributed by atoms with Gasteiger partial charge in [-0.1, -0.05) is 32.1 Å². The van der Waals surface area contributed by atoms with E-state index in [-0.39, 0.29) is 5.78 Å². The lowest BCUT2D eigenvalue weighted by Gasteiger charge is -1.85. The van der Waals surface area contributed by atoms with Gasteiger partial charge < -0.3 is 9.72 Å². The molecule has 20 heavy (non-hydrogen) atoms. The van der Waals surface area contributed by atoms with Crippen LogP contribution in [-0.4, -0.2) is 24.3 Å². The molecule has 1 aromatic heterocycles. The fraction of sp³-hybridized carbons (Fsp3) is 0.375. The average molecular weight is 279 g/mol. The van der Waals surface area contributed by atoms with Gasteiger partial charge in [-0.2, -0.15) is 0 Å². The number of carbonyl (C=O) groups excluding carboxylic acids is 2. The Morgan fingerprint density at radius 2 is 1.85 bits per heavy atom. The lowest BCUT2D eigenvalue weighted by molar-refractivity contribution is -0.126. The van der Waals surface area contributed by atoms with E-state index in [0.29, 0.717) is 6.47 Å². The Morgan fingerprint density at radius 3 is 2.20 bits per heavy atom. The van der Waals surface area contributed by atoms with Crippen molar-refractivity contribution >= 4 is 24.4 Å². The van der Waals surface area contributed by atoms with E-state index in [9.17, 15) is 4.79 Å². The summed E-state index contributed by atoms with van der Waals surface area (Å²) in [4.78, 5) is 23.3. The van der Waals surface area contributed by atoms with Gasteiger partial charge in [-0.05, 0) is 26.8 Å². The second-order valence-corrected chi connectivity index (χ2v) is 3.40. The minimum absolute atomic E-state index is 0.0921. The Labute approximate surface area is 120 Å². The molecular weight excluding hydrogens is 254 g/mol. The number of ketones is 1. The van der Waals surface area contributed by atoms with E-state index < -0.39 is 0 Å². The molecule has 0 aliphatic rings. The van der Waals surface area contributed by atoms with Crippen molar-refractivity contribution in [1.29, 1.82) is 0 Å². The van der Waals surface area contributed by atoms with Gasteiger partial charge in [0.1, 0.15) is 0 Å². The number of rotatable bonds is 3. The van der Waals surface area contributed by atoms with E-state index in [4.69, 9.17) is 4.79 Å². The van der Waals surface area contributed by atoms with E-state index in [1.165, 1.54) is 7.11 Å². The predicted octanol–water partition coefficient (Wildman–Crippen LogP) is 2.19. The maximum absolute atomic E-state index is 11.2. The second kappa shape index (κ2) is 13.3. The molecule has 0 aliphatic heterocycles. The first-order valence-corrected chi connectivity index (χ1v) is 6.56. The molecule has 0 saturated carbocycles. The molecule has 1 rings (SSSR count). The molecule has 0 fully saturated rings. The summed E-state index contributed by atoms with van der Waals surface area (Å²) in [5.74, 6) is 0.0921. The molecule has 0 atom stereocenters. The SMILES string of the molecule is CC.COC=O.C\C=C/C=c1/[nH]cc(C(C)=O)/c1=C/C. The molecule has 0 amide bonds. The molecule has 0 unspecified atom stereocenters. The van der Waals surface area contributed by atoms with Crippen molar-refractivity contribution < 1.29 is 14.3 Å². The largest absolute Gasteiger partial charge is 0.471 e. The molecular formula is C16H25NO3. The van der Waals surface area contributed by atoms with Crippen LogP contribution in [0.1, 0.15) is 45.0 Å². The maximum atomic E-state index is 11.2. The number of carbonyl (C=O) groups is 2. The van der Waals surface area contributed by atoms with Gasteiger partial charge in [0.25, 0.3) is 6.47 Å². The quantitative estimate of drug-likeness (QED) is 0.681. The van der Waals surface area contributed by atoms with Crippen molar-refractivity contribution in [2.45, 2.75) is 34.6 Å². The van der Waals surface area contributed by atoms with Crippen LogP contribution in [0, 0.1) is 0 Å². The molecule has 1 N–H and O–H groups in total. The Balaban J connectivity index is 0. The molecule has 4 heteroatoms. The topological polar surface area (TPSA) is 59.2 Å². The second-order valence-electron chi connectivity index (χ2n) is 3.40. The molecule has 112 valence electrons. The van der Waals surface area contributed by atoms with Crippen molar-refractivity contribution in [3.63, 3.8) is 0 Å². The molecule has 4 nitrogen and oxygen atoms in total. The average Bonchev–Trinajstić information content (AvgIpc) is 2.90. The Kier molecular flexibility index (Phi) is 13.5. The van der Waals surface area contributed by atoms with Gasteiger partial charge in [0, 0.05) is 22.3 Å². The summed E-state index contributed by atoms with van der Waals surface area (Å²) in [6, 6.07) is 0. The van der Waals surface area contributed by atoms with Crippen LogP contribution in [-0.2, 0) is 9.53 Å². The summed E-state index contributed by atoms with van der Waals surface area (Å²) >= 11 is 0. The summed E-state index contributed by atoms with van der Waals surface area (Å²) in [5, 5.41) is 1.96. The third kappa shape index (κ3) is 7.36. The van der Waals surface area contributed by atoms with Crippen molar-refractivity contribution in [1.82, 2.24) is 4.98 Å². The Hall–Kier alpha value is -2.10. The van der Waals surface area contributed by atoms with E-state index >= 15 is 0 Å². The summed E-state index contributed by atoms with van der Waals surface area (Å²) in [6.45, 7) is 9.85. The van der Waals surface area contributed by atoms with E-state index in [0.717, 1.165) is 16.1 Å². The molecule has 0 bridgehead atoms. The van der Waals surface area contributed by atoms with Gasteiger partial charge in [-0.15, -0.1) is 0 Å². The minimum atomic E-state index is 0.0921. The van der Waals surface area contributed by atoms with Crippen molar-refractivity contribution in [3.8, 4) is 0 Å². The fourth-order valence-corrected chi connectivity index (χ4v) is 1.38. The highest BCUT2D eigenvalue weighted by atomic mass is 16.5. The monoisotopic (exact) mass is 279 g/mol. The van der Waals surface area contributed by atoms with Crippen LogP contribution in [0.4, 0.5) is 0 Å². The highest BCUT2D eigenvalue weighted by molar-refractivity contribution is 5.94. The molecule has 0 saturated heterocycles. The van der Waals surface area contributed by atoms with Crippen LogP contribution in [0.25, 0.3) is 12.2 Å². The molecule has 0 aromatic carbocycles. The van der Waals surface area contributed by atoms with E-state index in [2.05, 4.69) is 9.72 Å². The first-order chi connectivity index (χ1) is 9.62. The van der Waals surface area contributed by atoms with Gasteiger partial charge in [0.05, 0.1) is 7.11 Å². The Bertz CT molecular complexity index is 524. The number of hydrogen-bond donors (Lipinski definition) is 1. The molecule has 0 aliphatic carbocycles. The van der Waals surface area contributed by atoms with Gasteiger partial charge >= 0.3 is 0 Å². The predicted molar refractivity (Wildman–Crippen MR) is 83.9 cm³/mol. The van der Waals surface area contributed by atoms with Crippen LogP contribution in [0.15, 0.2) is 18.3 Å². The lowest BCUT2D eigenvalue weighted by atomic mass is 10.2. The zero-order valence-electron chi connectivity index (χ0n) is 13.2. The van der Waals surface area contributed by atoms with Crippen LogP contribution in [0.2, 0.25) is 0 Å². The molecule has 1 aromatic rings. The highest BCUT2D eigenvalue weighted by Gasteiger charge is 2.02. The Morgan fingerprint density at radius 1 is 1.30 bits per heavy atom. The standard InChI is InChI=1S/C12H15NO.C2H4O2.C2H6/c1-4-6-7-12-10(5-2)11(8-13-12)9(3)14;1-4-2-3;1-2/h4-8,13H,1-3H3;2H,1H3;1-2H3/b6-4-,10-5-,12-7+;;. The molecule has 0 radical (unpaired) electrons. The lowest BCUT2D eigenvalue weighted by Crippen LogP contribution is -2.25. The minimum Gasteiger partial charge on any atom is -0.471 e. The van der Waals surface area contributed by atoms with Crippen LogP contribution < -0.4 is 10.6 Å². The van der Waals surface area contributed by atoms with Crippen LogP contribution in [0.3, 0.4) is 0 Å². The summed E-state index contributed by atoms with van der Waals surface area (Å²) in [7, 11) is 1.31. The van der Waals surface area contributed by atoms with Crippen LogP contribution >= 0.6 is 0 Å². The summed E-state index contributed by atoms with van der Waals surface area (Å²) < 4.78 is 3.86. The zero-order valence-corrected chi connectivity index (χ0v) is 13.2. The fourth-order valence-electron chi connectivity index (χ4n) is 1.38. The first kappa shape index (κ1) is 20.2. The number of nitrogens with one attached hydrogen (secondary N) is 1. The molecule has 1 heterocycles.